The number of pyridine rings is 1. The third-order valence-corrected chi connectivity index (χ3v) is 3.80. The molecule has 17 heavy (non-hydrogen) atoms. The van der Waals surface area contributed by atoms with Gasteiger partial charge in [-0.1, -0.05) is 13.3 Å². The summed E-state index contributed by atoms with van der Waals surface area (Å²) in [6.45, 7) is 3.94. The fourth-order valence-electron chi connectivity index (χ4n) is 2.25. The zero-order valence-corrected chi connectivity index (χ0v) is 11.6. The molecule has 92 valence electrons. The van der Waals surface area contributed by atoms with Gasteiger partial charge >= 0.3 is 0 Å². The first kappa shape index (κ1) is 12.6. The van der Waals surface area contributed by atoms with Crippen molar-refractivity contribution < 1.29 is 4.79 Å². The number of amides is 1. The van der Waals surface area contributed by atoms with E-state index in [2.05, 4.69) is 27.8 Å². The smallest absolute Gasteiger partial charge is 0.272 e. The first-order valence-electron chi connectivity index (χ1n) is 6.11. The fourth-order valence-corrected chi connectivity index (χ4v) is 2.48. The Balaban J connectivity index is 2.06. The number of likely N-dealkylation sites (tertiary alicyclic amines) is 1. The molecule has 1 aromatic rings. The van der Waals surface area contributed by atoms with Gasteiger partial charge in [-0.3, -0.25) is 4.79 Å². The zero-order valence-electron chi connectivity index (χ0n) is 10.0. The van der Waals surface area contributed by atoms with Crippen LogP contribution in [0.1, 0.15) is 36.7 Å². The number of hydrogen-bond acceptors (Lipinski definition) is 2. The summed E-state index contributed by atoms with van der Waals surface area (Å²) in [6, 6.07) is 3.64. The average Bonchev–Trinajstić information content (AvgIpc) is 2.39. The Morgan fingerprint density at radius 2 is 2.41 bits per heavy atom. The van der Waals surface area contributed by atoms with E-state index in [1.165, 1.54) is 6.42 Å². The maximum atomic E-state index is 12.2. The second-order valence-corrected chi connectivity index (χ2v) is 5.45. The number of nitrogens with zero attached hydrogens (tertiary/aromatic N) is 2. The predicted molar refractivity (Wildman–Crippen MR) is 70.9 cm³/mol. The summed E-state index contributed by atoms with van der Waals surface area (Å²) in [5.41, 5.74) is 0.546. The van der Waals surface area contributed by atoms with Crippen molar-refractivity contribution in [3.05, 3.63) is 28.5 Å². The first-order valence-corrected chi connectivity index (χ1v) is 6.91. The summed E-state index contributed by atoms with van der Waals surface area (Å²) in [5.74, 6) is 0.721. The van der Waals surface area contributed by atoms with Crippen molar-refractivity contribution in [1.82, 2.24) is 9.88 Å². The largest absolute Gasteiger partial charge is 0.337 e. The molecule has 0 radical (unpaired) electrons. The summed E-state index contributed by atoms with van der Waals surface area (Å²) in [6.07, 6.45) is 5.18. The highest BCUT2D eigenvalue weighted by Crippen LogP contribution is 2.20. The third kappa shape index (κ3) is 3.06. The normalized spacial score (nSPS) is 20.4. The molecule has 1 aromatic heterocycles. The van der Waals surface area contributed by atoms with Crippen molar-refractivity contribution in [2.45, 2.75) is 26.2 Å². The van der Waals surface area contributed by atoms with Crippen molar-refractivity contribution in [1.29, 1.82) is 0 Å². The lowest BCUT2D eigenvalue weighted by Gasteiger charge is -2.32. The molecule has 0 saturated carbocycles. The van der Waals surface area contributed by atoms with Crippen LogP contribution in [0.2, 0.25) is 0 Å². The molecular weight excluding hydrogens is 280 g/mol. The lowest BCUT2D eigenvalue weighted by molar-refractivity contribution is 0.0665. The highest BCUT2D eigenvalue weighted by Gasteiger charge is 2.23. The van der Waals surface area contributed by atoms with E-state index >= 15 is 0 Å². The molecule has 1 atom stereocenters. The van der Waals surface area contributed by atoms with Crippen molar-refractivity contribution >= 4 is 21.8 Å². The van der Waals surface area contributed by atoms with Crippen LogP contribution in [0.3, 0.4) is 0 Å². The molecule has 3 nitrogen and oxygen atoms in total. The minimum atomic E-state index is 0.0654. The summed E-state index contributed by atoms with van der Waals surface area (Å²) in [7, 11) is 0. The Morgan fingerprint density at radius 3 is 3.06 bits per heavy atom. The monoisotopic (exact) mass is 296 g/mol. The van der Waals surface area contributed by atoms with E-state index in [1.807, 2.05) is 11.0 Å². The lowest BCUT2D eigenvalue weighted by atomic mass is 9.95. The Labute approximate surface area is 110 Å². The van der Waals surface area contributed by atoms with Crippen LogP contribution in [0.25, 0.3) is 0 Å². The van der Waals surface area contributed by atoms with Crippen LogP contribution in [-0.4, -0.2) is 28.9 Å². The molecule has 1 amide bonds. The summed E-state index contributed by atoms with van der Waals surface area (Å²) < 4.78 is 0.902. The molecule has 0 spiro atoms. The molecule has 2 heterocycles. The molecule has 2 rings (SSSR count). The topological polar surface area (TPSA) is 33.2 Å². The van der Waals surface area contributed by atoms with E-state index in [0.29, 0.717) is 11.6 Å². The maximum absolute atomic E-state index is 12.2. The minimum Gasteiger partial charge on any atom is -0.337 e. The summed E-state index contributed by atoms with van der Waals surface area (Å²) in [5, 5.41) is 0. The average molecular weight is 297 g/mol. The van der Waals surface area contributed by atoms with Crippen LogP contribution in [0.15, 0.2) is 22.8 Å². The second-order valence-electron chi connectivity index (χ2n) is 4.53. The van der Waals surface area contributed by atoms with Crippen LogP contribution in [0, 0.1) is 5.92 Å². The van der Waals surface area contributed by atoms with Gasteiger partial charge in [-0.05, 0) is 46.8 Å². The SMILES string of the molecule is CCC1CCCN(C(=O)c2ccc(Br)cn2)C1. The molecule has 1 aliphatic rings. The highest BCUT2D eigenvalue weighted by atomic mass is 79.9. The fraction of sp³-hybridized carbons (Fsp3) is 0.538. The van der Waals surface area contributed by atoms with Gasteiger partial charge in [0.05, 0.1) is 0 Å². The van der Waals surface area contributed by atoms with Gasteiger partial charge < -0.3 is 4.90 Å². The molecular formula is C13H17BrN2O. The molecule has 1 unspecified atom stereocenters. The Kier molecular flexibility index (Phi) is 4.15. The van der Waals surface area contributed by atoms with E-state index in [1.54, 1.807) is 12.3 Å². The van der Waals surface area contributed by atoms with E-state index in [9.17, 15) is 4.79 Å². The first-order chi connectivity index (χ1) is 8.20. The quantitative estimate of drug-likeness (QED) is 0.840. The molecule has 1 fully saturated rings. The van der Waals surface area contributed by atoms with Gasteiger partial charge in [0.2, 0.25) is 0 Å². The maximum Gasteiger partial charge on any atom is 0.272 e. The van der Waals surface area contributed by atoms with E-state index < -0.39 is 0 Å². The van der Waals surface area contributed by atoms with Gasteiger partial charge in [0, 0.05) is 23.8 Å². The Morgan fingerprint density at radius 1 is 1.59 bits per heavy atom. The minimum absolute atomic E-state index is 0.0654. The number of carbonyl (C=O) groups is 1. The van der Waals surface area contributed by atoms with Crippen molar-refractivity contribution in [2.75, 3.05) is 13.1 Å². The van der Waals surface area contributed by atoms with Crippen molar-refractivity contribution in [3.8, 4) is 0 Å². The third-order valence-electron chi connectivity index (χ3n) is 3.33. The standard InChI is InChI=1S/C13H17BrN2O/c1-2-10-4-3-7-16(9-10)13(17)12-6-5-11(14)8-15-12/h5-6,8,10H,2-4,7,9H2,1H3. The van der Waals surface area contributed by atoms with Gasteiger partial charge in [-0.2, -0.15) is 0 Å². The molecule has 0 aromatic carbocycles. The summed E-state index contributed by atoms with van der Waals surface area (Å²) >= 11 is 3.32. The van der Waals surface area contributed by atoms with Crippen LogP contribution >= 0.6 is 15.9 Å². The molecule has 0 aliphatic carbocycles. The van der Waals surface area contributed by atoms with Gasteiger partial charge in [-0.25, -0.2) is 4.98 Å². The van der Waals surface area contributed by atoms with Crippen molar-refractivity contribution in [2.24, 2.45) is 5.92 Å². The lowest BCUT2D eigenvalue weighted by Crippen LogP contribution is -2.40. The Hall–Kier alpha value is -0.900. The van der Waals surface area contributed by atoms with E-state index in [-0.39, 0.29) is 5.91 Å². The van der Waals surface area contributed by atoms with Gasteiger partial charge in [0.25, 0.3) is 5.91 Å². The number of carbonyl (C=O) groups excluding carboxylic acids is 1. The Bertz CT molecular complexity index is 391. The number of hydrogen-bond donors (Lipinski definition) is 0. The molecule has 0 N–H and O–H groups in total. The number of rotatable bonds is 2. The molecule has 0 bridgehead atoms. The van der Waals surface area contributed by atoms with E-state index in [0.717, 1.165) is 30.4 Å². The van der Waals surface area contributed by atoms with Crippen molar-refractivity contribution in [3.63, 3.8) is 0 Å². The summed E-state index contributed by atoms with van der Waals surface area (Å²) in [4.78, 5) is 18.3. The van der Waals surface area contributed by atoms with Crippen LogP contribution in [-0.2, 0) is 0 Å². The highest BCUT2D eigenvalue weighted by molar-refractivity contribution is 9.10. The van der Waals surface area contributed by atoms with Crippen LogP contribution in [0.4, 0.5) is 0 Å². The van der Waals surface area contributed by atoms with E-state index in [4.69, 9.17) is 0 Å². The predicted octanol–water partition coefficient (Wildman–Crippen LogP) is 3.11. The molecule has 4 heteroatoms. The number of piperidine rings is 1. The molecule has 1 saturated heterocycles. The van der Waals surface area contributed by atoms with Gasteiger partial charge in [0.15, 0.2) is 0 Å². The van der Waals surface area contributed by atoms with Crippen LogP contribution < -0.4 is 0 Å². The zero-order chi connectivity index (χ0) is 12.3. The van der Waals surface area contributed by atoms with Gasteiger partial charge in [-0.15, -0.1) is 0 Å². The van der Waals surface area contributed by atoms with Gasteiger partial charge in [0.1, 0.15) is 5.69 Å². The number of halogens is 1. The number of aromatic nitrogens is 1. The molecule has 1 aliphatic heterocycles. The second kappa shape index (κ2) is 5.63. The van der Waals surface area contributed by atoms with Crippen LogP contribution in [0.5, 0.6) is 0 Å².